The Morgan fingerprint density at radius 2 is 2.28 bits per heavy atom. The topological polar surface area (TPSA) is 43.8 Å². The van der Waals surface area contributed by atoms with Gasteiger partial charge in [-0.1, -0.05) is 23.4 Å². The minimum atomic E-state index is 0.122. The number of hydrogen-bond donors (Lipinski definition) is 1. The summed E-state index contributed by atoms with van der Waals surface area (Å²) in [5, 5.41) is 4.92. The van der Waals surface area contributed by atoms with Crippen molar-refractivity contribution >= 4 is 23.4 Å². The Kier molecular flexibility index (Phi) is 4.32. The third-order valence-electron chi connectivity index (χ3n) is 2.47. The van der Waals surface area contributed by atoms with Crippen molar-refractivity contribution in [1.29, 1.82) is 0 Å². The molecular formula is C13H16ClN3S. The molecule has 0 fully saturated rings. The molecule has 0 radical (unpaired) electrons. The van der Waals surface area contributed by atoms with Gasteiger partial charge >= 0.3 is 0 Å². The lowest BCUT2D eigenvalue weighted by molar-refractivity contribution is 0.729. The van der Waals surface area contributed by atoms with Crippen molar-refractivity contribution in [3.63, 3.8) is 0 Å². The van der Waals surface area contributed by atoms with Crippen molar-refractivity contribution in [2.45, 2.75) is 29.2 Å². The minimum Gasteiger partial charge on any atom is -0.328 e. The van der Waals surface area contributed by atoms with Crippen molar-refractivity contribution < 1.29 is 0 Å². The molecule has 0 aliphatic heterocycles. The SMILES string of the molecule is CC(N)Cc1cc(Cl)ccc1Sc1cnn(C)c1. The van der Waals surface area contributed by atoms with Crippen molar-refractivity contribution in [1.82, 2.24) is 9.78 Å². The van der Waals surface area contributed by atoms with E-state index in [2.05, 4.69) is 5.10 Å². The summed E-state index contributed by atoms with van der Waals surface area (Å²) in [5.41, 5.74) is 7.06. The second-order valence-electron chi connectivity index (χ2n) is 4.39. The van der Waals surface area contributed by atoms with Crippen LogP contribution in [0.4, 0.5) is 0 Å². The number of rotatable bonds is 4. The molecule has 1 heterocycles. The molecule has 1 unspecified atom stereocenters. The minimum absolute atomic E-state index is 0.122. The molecule has 0 saturated carbocycles. The van der Waals surface area contributed by atoms with E-state index in [9.17, 15) is 0 Å². The number of halogens is 1. The van der Waals surface area contributed by atoms with Crippen LogP contribution in [0.2, 0.25) is 5.02 Å². The maximum absolute atomic E-state index is 6.04. The summed E-state index contributed by atoms with van der Waals surface area (Å²) in [5.74, 6) is 0. The fraction of sp³-hybridized carbons (Fsp3) is 0.308. The molecular weight excluding hydrogens is 266 g/mol. The Labute approximate surface area is 116 Å². The van der Waals surface area contributed by atoms with E-state index in [1.807, 2.05) is 44.6 Å². The fourth-order valence-corrected chi connectivity index (χ4v) is 2.90. The highest BCUT2D eigenvalue weighted by Gasteiger charge is 2.08. The van der Waals surface area contributed by atoms with Crippen molar-refractivity contribution in [3.8, 4) is 0 Å². The standard InChI is InChI=1S/C13H16ClN3S/c1-9(15)5-10-6-11(14)3-4-13(10)18-12-7-16-17(2)8-12/h3-4,6-9H,5,15H2,1-2H3. The normalized spacial score (nSPS) is 12.7. The first-order valence-electron chi connectivity index (χ1n) is 5.75. The van der Waals surface area contributed by atoms with E-state index in [0.29, 0.717) is 0 Å². The molecule has 96 valence electrons. The molecule has 0 bridgehead atoms. The number of aryl methyl sites for hydroxylation is 1. The van der Waals surface area contributed by atoms with Crippen molar-refractivity contribution in [2.75, 3.05) is 0 Å². The van der Waals surface area contributed by atoms with Crippen LogP contribution < -0.4 is 5.73 Å². The maximum atomic E-state index is 6.04. The lowest BCUT2D eigenvalue weighted by Gasteiger charge is -2.11. The first-order valence-corrected chi connectivity index (χ1v) is 6.94. The molecule has 0 amide bonds. The van der Waals surface area contributed by atoms with Crippen LogP contribution in [-0.4, -0.2) is 15.8 Å². The third kappa shape index (κ3) is 3.51. The molecule has 1 atom stereocenters. The quantitative estimate of drug-likeness (QED) is 0.936. The van der Waals surface area contributed by atoms with Crippen LogP contribution in [0.5, 0.6) is 0 Å². The van der Waals surface area contributed by atoms with Gasteiger partial charge < -0.3 is 5.73 Å². The summed E-state index contributed by atoms with van der Waals surface area (Å²) in [6.45, 7) is 2.00. The maximum Gasteiger partial charge on any atom is 0.0629 e. The van der Waals surface area contributed by atoms with Crippen molar-refractivity contribution in [3.05, 3.63) is 41.2 Å². The lowest BCUT2D eigenvalue weighted by Crippen LogP contribution is -2.18. The van der Waals surface area contributed by atoms with Gasteiger partial charge in [-0.25, -0.2) is 0 Å². The van der Waals surface area contributed by atoms with Crippen LogP contribution in [0.3, 0.4) is 0 Å². The highest BCUT2D eigenvalue weighted by Crippen LogP contribution is 2.32. The second kappa shape index (κ2) is 5.78. The summed E-state index contributed by atoms with van der Waals surface area (Å²) in [6.07, 6.45) is 4.67. The average molecular weight is 282 g/mol. The largest absolute Gasteiger partial charge is 0.328 e. The zero-order chi connectivity index (χ0) is 13.1. The fourth-order valence-electron chi connectivity index (χ4n) is 1.73. The molecule has 3 nitrogen and oxygen atoms in total. The monoisotopic (exact) mass is 281 g/mol. The van der Waals surface area contributed by atoms with Gasteiger partial charge in [-0.15, -0.1) is 0 Å². The van der Waals surface area contributed by atoms with Crippen molar-refractivity contribution in [2.24, 2.45) is 12.8 Å². The van der Waals surface area contributed by atoms with E-state index in [4.69, 9.17) is 17.3 Å². The van der Waals surface area contributed by atoms with E-state index < -0.39 is 0 Å². The van der Waals surface area contributed by atoms with Gasteiger partial charge in [0.05, 0.1) is 11.1 Å². The predicted octanol–water partition coefficient (Wildman–Crippen LogP) is 3.11. The van der Waals surface area contributed by atoms with E-state index in [0.717, 1.165) is 16.3 Å². The van der Waals surface area contributed by atoms with Crippen LogP contribution >= 0.6 is 23.4 Å². The highest BCUT2D eigenvalue weighted by atomic mass is 35.5. The molecule has 0 aliphatic carbocycles. The summed E-state index contributed by atoms with van der Waals surface area (Å²) in [6, 6.07) is 6.06. The van der Waals surface area contributed by atoms with Crippen LogP contribution in [0.1, 0.15) is 12.5 Å². The molecule has 5 heteroatoms. The summed E-state index contributed by atoms with van der Waals surface area (Å²) in [4.78, 5) is 2.30. The Hall–Kier alpha value is -0.970. The van der Waals surface area contributed by atoms with Gasteiger partial charge in [0.1, 0.15) is 0 Å². The average Bonchev–Trinajstić information content (AvgIpc) is 2.67. The number of nitrogens with two attached hydrogens (primary N) is 1. The summed E-state index contributed by atoms with van der Waals surface area (Å²) >= 11 is 7.73. The lowest BCUT2D eigenvalue weighted by atomic mass is 10.1. The molecule has 18 heavy (non-hydrogen) atoms. The van der Waals surface area contributed by atoms with Crippen LogP contribution in [0.25, 0.3) is 0 Å². The first-order chi connectivity index (χ1) is 8.54. The van der Waals surface area contributed by atoms with Crippen LogP contribution in [-0.2, 0) is 13.5 Å². The summed E-state index contributed by atoms with van der Waals surface area (Å²) in [7, 11) is 1.91. The smallest absolute Gasteiger partial charge is 0.0629 e. The number of aromatic nitrogens is 2. The molecule has 0 saturated heterocycles. The molecule has 0 aliphatic rings. The Balaban J connectivity index is 2.26. The van der Waals surface area contributed by atoms with Gasteiger partial charge in [-0.05, 0) is 37.1 Å². The second-order valence-corrected chi connectivity index (χ2v) is 5.94. The zero-order valence-corrected chi connectivity index (χ0v) is 12.0. The van der Waals surface area contributed by atoms with Gasteiger partial charge in [0.15, 0.2) is 0 Å². The molecule has 1 aromatic carbocycles. The van der Waals surface area contributed by atoms with Gasteiger partial charge in [-0.2, -0.15) is 5.10 Å². The van der Waals surface area contributed by atoms with E-state index in [-0.39, 0.29) is 6.04 Å². The van der Waals surface area contributed by atoms with Gasteiger partial charge in [-0.3, -0.25) is 4.68 Å². The van der Waals surface area contributed by atoms with Crippen LogP contribution in [0.15, 0.2) is 40.4 Å². The third-order valence-corrected chi connectivity index (χ3v) is 3.77. The molecule has 2 rings (SSSR count). The van der Waals surface area contributed by atoms with E-state index >= 15 is 0 Å². The molecule has 2 N–H and O–H groups in total. The molecule has 2 aromatic rings. The van der Waals surface area contributed by atoms with E-state index in [1.165, 1.54) is 10.5 Å². The Bertz CT molecular complexity index is 537. The number of nitrogens with zero attached hydrogens (tertiary/aromatic N) is 2. The summed E-state index contributed by atoms with van der Waals surface area (Å²) < 4.78 is 1.80. The molecule has 0 spiro atoms. The zero-order valence-electron chi connectivity index (χ0n) is 10.4. The van der Waals surface area contributed by atoms with Gasteiger partial charge in [0.25, 0.3) is 0 Å². The Morgan fingerprint density at radius 1 is 1.50 bits per heavy atom. The number of hydrogen-bond acceptors (Lipinski definition) is 3. The highest BCUT2D eigenvalue weighted by molar-refractivity contribution is 7.99. The van der Waals surface area contributed by atoms with Gasteiger partial charge in [0.2, 0.25) is 0 Å². The van der Waals surface area contributed by atoms with E-state index in [1.54, 1.807) is 16.4 Å². The van der Waals surface area contributed by atoms with Gasteiger partial charge in [0, 0.05) is 29.2 Å². The van der Waals surface area contributed by atoms with Crippen LogP contribution in [0, 0.1) is 0 Å². The molecule has 1 aromatic heterocycles. The number of benzene rings is 1. The Morgan fingerprint density at radius 3 is 2.89 bits per heavy atom. The predicted molar refractivity (Wildman–Crippen MR) is 76.1 cm³/mol. The first kappa shape index (κ1) is 13.5.